The lowest BCUT2D eigenvalue weighted by atomic mass is 10.0. The number of pyridine rings is 1. The third-order valence-corrected chi connectivity index (χ3v) is 4.65. The van der Waals surface area contributed by atoms with Crippen LogP contribution in [0.15, 0.2) is 42.6 Å². The van der Waals surface area contributed by atoms with Crippen molar-refractivity contribution in [1.82, 2.24) is 15.6 Å². The molecule has 0 saturated carbocycles. The molecule has 0 bridgehead atoms. The molecule has 1 aromatic heterocycles. The summed E-state index contributed by atoms with van der Waals surface area (Å²) in [6.07, 6.45) is 5.04. The number of aromatic nitrogens is 1. The smallest absolute Gasteiger partial charge is 0.238 e. The largest absolute Gasteiger partial charge is 0.339 e. The number of nitrogens with zero attached hydrogens (tertiary/aromatic N) is 3. The highest BCUT2D eigenvalue weighted by Crippen LogP contribution is 2.18. The van der Waals surface area contributed by atoms with Crippen molar-refractivity contribution in [2.24, 2.45) is 0 Å². The lowest BCUT2D eigenvalue weighted by molar-refractivity contribution is -0.124. The Morgan fingerprint density at radius 1 is 1.30 bits per heavy atom. The van der Waals surface area contributed by atoms with Crippen molar-refractivity contribution >= 4 is 5.91 Å². The molecule has 1 aromatic carbocycles. The fourth-order valence-corrected chi connectivity index (χ4v) is 3.18. The number of carbonyl (C=O) groups excluding carboxylic acids is 1. The Balaban J connectivity index is 1.63. The van der Waals surface area contributed by atoms with Gasteiger partial charge in [-0.2, -0.15) is 10.5 Å². The zero-order chi connectivity index (χ0) is 19.1. The zero-order valence-electron chi connectivity index (χ0n) is 15.0. The SMILES string of the molecule is N#Cc1cccc(-c2ccc(CC(C#N)NC(=O)[C@@H]3CCCCN3)cn2)c1. The minimum Gasteiger partial charge on any atom is -0.339 e. The minimum absolute atomic E-state index is 0.112. The standard InChI is InChI=1S/C21H21N5O/c22-12-15-4-3-5-17(10-15)19-8-7-16(14-25-19)11-18(13-23)26-21(27)20-6-1-2-9-24-20/h3-5,7-8,10,14,18,20,24H,1-2,6,9,11H2,(H,26,27)/t18?,20-/m0/s1. The average Bonchev–Trinajstić information content (AvgIpc) is 2.74. The topological polar surface area (TPSA) is 102 Å². The molecule has 3 rings (SSSR count). The highest BCUT2D eigenvalue weighted by atomic mass is 16.2. The number of nitriles is 2. The number of benzene rings is 1. The van der Waals surface area contributed by atoms with Gasteiger partial charge in [-0.1, -0.05) is 24.6 Å². The molecule has 6 heteroatoms. The normalized spacial score (nSPS) is 17.3. The molecule has 2 heterocycles. The van der Waals surface area contributed by atoms with Crippen LogP contribution in [0, 0.1) is 22.7 Å². The van der Waals surface area contributed by atoms with E-state index in [0.717, 1.165) is 42.6 Å². The van der Waals surface area contributed by atoms with Crippen LogP contribution in [-0.2, 0) is 11.2 Å². The Labute approximate surface area is 158 Å². The molecule has 1 aliphatic heterocycles. The number of piperidine rings is 1. The van der Waals surface area contributed by atoms with E-state index in [0.29, 0.717) is 12.0 Å². The van der Waals surface area contributed by atoms with Crippen molar-refractivity contribution in [3.63, 3.8) is 0 Å². The summed E-state index contributed by atoms with van der Waals surface area (Å²) in [5, 5.41) is 24.4. The van der Waals surface area contributed by atoms with E-state index in [2.05, 4.69) is 27.8 Å². The van der Waals surface area contributed by atoms with Crippen LogP contribution in [0.25, 0.3) is 11.3 Å². The van der Waals surface area contributed by atoms with Gasteiger partial charge in [0.05, 0.1) is 29.4 Å². The monoisotopic (exact) mass is 359 g/mol. The van der Waals surface area contributed by atoms with Gasteiger partial charge in [-0.05, 0) is 43.1 Å². The summed E-state index contributed by atoms with van der Waals surface area (Å²) in [6, 6.07) is 14.5. The molecule has 1 fully saturated rings. The maximum atomic E-state index is 12.3. The summed E-state index contributed by atoms with van der Waals surface area (Å²) in [4.78, 5) is 16.7. The van der Waals surface area contributed by atoms with E-state index in [-0.39, 0.29) is 11.9 Å². The molecule has 1 amide bonds. The molecule has 1 aliphatic rings. The van der Waals surface area contributed by atoms with Crippen LogP contribution in [-0.4, -0.2) is 29.5 Å². The van der Waals surface area contributed by atoms with Gasteiger partial charge in [0.1, 0.15) is 6.04 Å². The number of hydrogen-bond acceptors (Lipinski definition) is 5. The molecule has 27 heavy (non-hydrogen) atoms. The average molecular weight is 359 g/mol. The van der Waals surface area contributed by atoms with Crippen LogP contribution in [0.3, 0.4) is 0 Å². The van der Waals surface area contributed by atoms with E-state index in [1.807, 2.05) is 24.3 Å². The molecule has 0 aliphatic carbocycles. The molecule has 2 aromatic rings. The Kier molecular flexibility index (Phi) is 6.14. The van der Waals surface area contributed by atoms with Gasteiger partial charge in [0, 0.05) is 18.2 Å². The molecule has 0 spiro atoms. The molecule has 1 unspecified atom stereocenters. The highest BCUT2D eigenvalue weighted by molar-refractivity contribution is 5.82. The number of nitrogens with one attached hydrogen (secondary N) is 2. The lowest BCUT2D eigenvalue weighted by Crippen LogP contribution is -2.49. The van der Waals surface area contributed by atoms with Gasteiger partial charge in [-0.25, -0.2) is 0 Å². The van der Waals surface area contributed by atoms with Crippen molar-refractivity contribution in [1.29, 1.82) is 10.5 Å². The van der Waals surface area contributed by atoms with E-state index >= 15 is 0 Å². The van der Waals surface area contributed by atoms with Gasteiger partial charge in [0.15, 0.2) is 0 Å². The Hall–Kier alpha value is -3.22. The first-order chi connectivity index (χ1) is 13.2. The number of rotatable bonds is 5. The minimum atomic E-state index is -0.587. The van der Waals surface area contributed by atoms with E-state index in [9.17, 15) is 10.1 Å². The summed E-state index contributed by atoms with van der Waals surface area (Å²) < 4.78 is 0. The van der Waals surface area contributed by atoms with Crippen LogP contribution >= 0.6 is 0 Å². The summed E-state index contributed by atoms with van der Waals surface area (Å²) in [5.74, 6) is -0.112. The van der Waals surface area contributed by atoms with Crippen molar-refractivity contribution in [3.05, 3.63) is 53.7 Å². The van der Waals surface area contributed by atoms with Gasteiger partial charge in [-0.3, -0.25) is 9.78 Å². The molecule has 0 radical (unpaired) electrons. The third kappa shape index (κ3) is 4.91. The molecule has 2 N–H and O–H groups in total. The highest BCUT2D eigenvalue weighted by Gasteiger charge is 2.23. The van der Waals surface area contributed by atoms with Crippen LogP contribution in [0.4, 0.5) is 0 Å². The fraction of sp³-hybridized carbons (Fsp3) is 0.333. The number of amides is 1. The first-order valence-corrected chi connectivity index (χ1v) is 9.08. The summed E-state index contributed by atoms with van der Waals surface area (Å²) in [6.45, 7) is 0.841. The van der Waals surface area contributed by atoms with Gasteiger partial charge >= 0.3 is 0 Å². The molecule has 6 nitrogen and oxygen atoms in total. The van der Waals surface area contributed by atoms with Crippen LogP contribution in [0.5, 0.6) is 0 Å². The summed E-state index contributed by atoms with van der Waals surface area (Å²) in [5.41, 5.74) is 3.09. The van der Waals surface area contributed by atoms with Gasteiger partial charge in [-0.15, -0.1) is 0 Å². The first-order valence-electron chi connectivity index (χ1n) is 9.08. The zero-order valence-corrected chi connectivity index (χ0v) is 15.0. The van der Waals surface area contributed by atoms with Crippen molar-refractivity contribution in [2.45, 2.75) is 37.8 Å². The summed E-state index contributed by atoms with van der Waals surface area (Å²) >= 11 is 0. The third-order valence-electron chi connectivity index (χ3n) is 4.65. The van der Waals surface area contributed by atoms with Crippen molar-refractivity contribution < 1.29 is 4.79 Å². The van der Waals surface area contributed by atoms with Gasteiger partial charge < -0.3 is 10.6 Å². The second-order valence-electron chi connectivity index (χ2n) is 6.64. The summed E-state index contributed by atoms with van der Waals surface area (Å²) in [7, 11) is 0. The maximum Gasteiger partial charge on any atom is 0.238 e. The van der Waals surface area contributed by atoms with Crippen molar-refractivity contribution in [2.75, 3.05) is 6.54 Å². The van der Waals surface area contributed by atoms with Crippen molar-refractivity contribution in [3.8, 4) is 23.4 Å². The fourth-order valence-electron chi connectivity index (χ4n) is 3.18. The molecule has 1 saturated heterocycles. The van der Waals surface area contributed by atoms with E-state index in [1.54, 1.807) is 18.3 Å². The maximum absolute atomic E-state index is 12.3. The van der Waals surface area contributed by atoms with Gasteiger partial charge in [0.25, 0.3) is 0 Å². The Bertz CT molecular complexity index is 873. The van der Waals surface area contributed by atoms with Crippen LogP contribution in [0.1, 0.15) is 30.4 Å². The van der Waals surface area contributed by atoms with E-state index in [1.165, 1.54) is 0 Å². The van der Waals surface area contributed by atoms with Crippen LogP contribution in [0.2, 0.25) is 0 Å². The Morgan fingerprint density at radius 3 is 2.85 bits per heavy atom. The van der Waals surface area contributed by atoms with Crippen LogP contribution < -0.4 is 10.6 Å². The lowest BCUT2D eigenvalue weighted by Gasteiger charge is -2.23. The van der Waals surface area contributed by atoms with E-state index in [4.69, 9.17) is 5.26 Å². The molecule has 2 atom stereocenters. The predicted octanol–water partition coefficient (Wildman–Crippen LogP) is 2.31. The molecular weight excluding hydrogens is 338 g/mol. The van der Waals surface area contributed by atoms with E-state index < -0.39 is 6.04 Å². The Morgan fingerprint density at radius 2 is 2.19 bits per heavy atom. The first kappa shape index (κ1) is 18.6. The number of carbonyl (C=O) groups is 1. The number of hydrogen-bond donors (Lipinski definition) is 2. The second-order valence-corrected chi connectivity index (χ2v) is 6.64. The predicted molar refractivity (Wildman–Crippen MR) is 101 cm³/mol. The molecular formula is C21H21N5O. The quantitative estimate of drug-likeness (QED) is 0.853. The second kappa shape index (κ2) is 8.93. The molecule has 136 valence electrons. The van der Waals surface area contributed by atoms with Gasteiger partial charge in [0.2, 0.25) is 5.91 Å².